The average molecular weight is 461 g/mol. The van der Waals surface area contributed by atoms with Crippen LogP contribution in [0, 0.1) is 13.8 Å². The van der Waals surface area contributed by atoms with Crippen LogP contribution in [0.25, 0.3) is 0 Å². The van der Waals surface area contributed by atoms with Crippen molar-refractivity contribution in [2.75, 3.05) is 13.1 Å². The minimum absolute atomic E-state index is 0. The molecule has 2 aromatic heterocycles. The molecule has 0 aliphatic carbocycles. The standard InChI is InChI=1S/C17H27N5S.HI/c1-5-18-17(19-8-9-22-12-13(2)11-20-22)21-14(3)10-16-7-6-15(4)23-16;/h6-7,11-12,14H,5,8-10H2,1-4H3,(H2,18,19,21);1H. The Labute approximate surface area is 166 Å². The number of hydrogen-bond acceptors (Lipinski definition) is 3. The molecule has 0 radical (unpaired) electrons. The van der Waals surface area contributed by atoms with Crippen LogP contribution in [-0.4, -0.2) is 34.9 Å². The molecule has 2 rings (SSSR count). The van der Waals surface area contributed by atoms with E-state index in [-0.39, 0.29) is 24.0 Å². The lowest BCUT2D eigenvalue weighted by atomic mass is 10.2. The molecule has 24 heavy (non-hydrogen) atoms. The van der Waals surface area contributed by atoms with Crippen LogP contribution in [0.3, 0.4) is 0 Å². The highest BCUT2D eigenvalue weighted by molar-refractivity contribution is 14.0. The second kappa shape index (κ2) is 10.7. The Morgan fingerprint density at radius 2 is 2.17 bits per heavy atom. The van der Waals surface area contributed by atoms with E-state index in [0.29, 0.717) is 12.6 Å². The van der Waals surface area contributed by atoms with Gasteiger partial charge in [-0.3, -0.25) is 9.67 Å². The van der Waals surface area contributed by atoms with Gasteiger partial charge in [0.05, 0.1) is 19.3 Å². The van der Waals surface area contributed by atoms with Gasteiger partial charge in [0.2, 0.25) is 0 Å². The summed E-state index contributed by atoms with van der Waals surface area (Å²) in [5.41, 5.74) is 1.18. The Hall–Kier alpha value is -1.09. The molecule has 0 spiro atoms. The van der Waals surface area contributed by atoms with E-state index in [4.69, 9.17) is 0 Å². The van der Waals surface area contributed by atoms with Gasteiger partial charge in [0.1, 0.15) is 0 Å². The minimum atomic E-state index is 0. The lowest BCUT2D eigenvalue weighted by Gasteiger charge is -2.17. The van der Waals surface area contributed by atoms with Crippen LogP contribution in [0.4, 0.5) is 0 Å². The van der Waals surface area contributed by atoms with Crippen molar-refractivity contribution in [1.29, 1.82) is 0 Å². The van der Waals surface area contributed by atoms with Gasteiger partial charge in [-0.2, -0.15) is 5.10 Å². The summed E-state index contributed by atoms with van der Waals surface area (Å²) in [5, 5.41) is 11.1. The molecule has 2 heterocycles. The summed E-state index contributed by atoms with van der Waals surface area (Å²) in [6.07, 6.45) is 4.93. The van der Waals surface area contributed by atoms with Gasteiger partial charge in [0, 0.05) is 35.0 Å². The van der Waals surface area contributed by atoms with Crippen LogP contribution in [0.1, 0.15) is 29.2 Å². The van der Waals surface area contributed by atoms with Crippen LogP contribution in [-0.2, 0) is 13.0 Å². The van der Waals surface area contributed by atoms with Crippen LogP contribution in [0.15, 0.2) is 29.5 Å². The lowest BCUT2D eigenvalue weighted by Crippen LogP contribution is -2.43. The number of aliphatic imine (C=N–C) groups is 1. The molecule has 0 amide bonds. The van der Waals surface area contributed by atoms with Crippen LogP contribution >= 0.6 is 35.3 Å². The summed E-state index contributed by atoms with van der Waals surface area (Å²) in [7, 11) is 0. The number of hydrogen-bond donors (Lipinski definition) is 2. The highest BCUT2D eigenvalue weighted by atomic mass is 127. The SMILES string of the molecule is CCNC(=NCCn1cc(C)cn1)NC(C)Cc1ccc(C)s1.I. The first-order valence-corrected chi connectivity index (χ1v) is 8.97. The largest absolute Gasteiger partial charge is 0.357 e. The third-order valence-electron chi connectivity index (χ3n) is 3.39. The van der Waals surface area contributed by atoms with E-state index in [1.54, 1.807) is 0 Å². The van der Waals surface area contributed by atoms with Crippen molar-refractivity contribution in [2.45, 2.75) is 46.7 Å². The first-order valence-electron chi connectivity index (χ1n) is 8.16. The molecule has 7 heteroatoms. The highest BCUT2D eigenvalue weighted by Crippen LogP contribution is 2.16. The normalized spacial score (nSPS) is 12.6. The molecule has 1 unspecified atom stereocenters. The molecule has 2 N–H and O–H groups in total. The molecule has 0 saturated carbocycles. The summed E-state index contributed by atoms with van der Waals surface area (Å²) in [5.74, 6) is 0.872. The van der Waals surface area contributed by atoms with Crippen molar-refractivity contribution in [3.8, 4) is 0 Å². The fourth-order valence-electron chi connectivity index (χ4n) is 2.35. The average Bonchev–Trinajstić information content (AvgIpc) is 3.08. The van der Waals surface area contributed by atoms with E-state index >= 15 is 0 Å². The van der Waals surface area contributed by atoms with Crippen LogP contribution < -0.4 is 10.6 Å². The summed E-state index contributed by atoms with van der Waals surface area (Å²) < 4.78 is 1.93. The molecule has 0 saturated heterocycles. The Morgan fingerprint density at radius 1 is 1.38 bits per heavy atom. The van der Waals surface area contributed by atoms with Crippen LogP contribution in [0.5, 0.6) is 0 Å². The van der Waals surface area contributed by atoms with E-state index < -0.39 is 0 Å². The van der Waals surface area contributed by atoms with Gasteiger partial charge >= 0.3 is 0 Å². The number of guanidine groups is 1. The first kappa shape index (κ1) is 21.0. The number of nitrogens with zero attached hydrogens (tertiary/aromatic N) is 3. The molecule has 0 bridgehead atoms. The van der Waals surface area contributed by atoms with Gasteiger partial charge in [-0.15, -0.1) is 35.3 Å². The van der Waals surface area contributed by atoms with Gasteiger partial charge in [-0.25, -0.2) is 0 Å². The quantitative estimate of drug-likeness (QED) is 0.378. The van der Waals surface area contributed by atoms with E-state index in [1.807, 2.05) is 35.3 Å². The zero-order valence-electron chi connectivity index (χ0n) is 14.9. The molecule has 0 aliphatic heterocycles. The molecule has 2 aromatic rings. The zero-order valence-corrected chi connectivity index (χ0v) is 18.0. The number of nitrogens with one attached hydrogen (secondary N) is 2. The summed E-state index contributed by atoms with van der Waals surface area (Å²) in [6, 6.07) is 4.73. The Morgan fingerprint density at radius 3 is 2.75 bits per heavy atom. The second-order valence-electron chi connectivity index (χ2n) is 5.80. The summed E-state index contributed by atoms with van der Waals surface area (Å²) in [6.45, 7) is 10.8. The number of halogens is 1. The van der Waals surface area contributed by atoms with Crippen molar-refractivity contribution in [1.82, 2.24) is 20.4 Å². The zero-order chi connectivity index (χ0) is 16.7. The molecular weight excluding hydrogens is 433 g/mol. The molecule has 0 aromatic carbocycles. The van der Waals surface area contributed by atoms with E-state index in [9.17, 15) is 0 Å². The van der Waals surface area contributed by atoms with E-state index in [2.05, 4.69) is 53.6 Å². The number of rotatable bonds is 7. The topological polar surface area (TPSA) is 54.2 Å². The minimum Gasteiger partial charge on any atom is -0.357 e. The van der Waals surface area contributed by atoms with E-state index in [1.165, 1.54) is 15.3 Å². The smallest absolute Gasteiger partial charge is 0.191 e. The highest BCUT2D eigenvalue weighted by Gasteiger charge is 2.07. The molecule has 0 aliphatic rings. The molecule has 5 nitrogen and oxygen atoms in total. The molecule has 1 atom stereocenters. The van der Waals surface area contributed by atoms with Crippen molar-refractivity contribution in [2.24, 2.45) is 4.99 Å². The van der Waals surface area contributed by atoms with Gasteiger partial charge in [-0.1, -0.05) is 0 Å². The summed E-state index contributed by atoms with van der Waals surface area (Å²) in [4.78, 5) is 7.41. The van der Waals surface area contributed by atoms with Crippen molar-refractivity contribution in [3.63, 3.8) is 0 Å². The predicted molar refractivity (Wildman–Crippen MR) is 114 cm³/mol. The van der Waals surface area contributed by atoms with Crippen molar-refractivity contribution < 1.29 is 0 Å². The van der Waals surface area contributed by atoms with Gasteiger partial charge in [0.15, 0.2) is 5.96 Å². The summed E-state index contributed by atoms with van der Waals surface area (Å²) >= 11 is 1.86. The predicted octanol–water partition coefficient (Wildman–Crippen LogP) is 3.37. The van der Waals surface area contributed by atoms with Crippen molar-refractivity contribution in [3.05, 3.63) is 39.8 Å². The molecule has 0 fully saturated rings. The fraction of sp³-hybridized carbons (Fsp3) is 0.529. The number of thiophene rings is 1. The maximum atomic E-state index is 4.64. The Kier molecular flexibility index (Phi) is 9.35. The van der Waals surface area contributed by atoms with Gasteiger partial charge in [0.25, 0.3) is 0 Å². The van der Waals surface area contributed by atoms with E-state index in [0.717, 1.165) is 25.5 Å². The monoisotopic (exact) mass is 461 g/mol. The number of aryl methyl sites for hydroxylation is 2. The third-order valence-corrected chi connectivity index (χ3v) is 4.42. The molecule has 134 valence electrons. The Balaban J connectivity index is 0.00000288. The molecular formula is C17H28IN5S. The van der Waals surface area contributed by atoms with Gasteiger partial charge in [-0.05, 0) is 45.4 Å². The Bertz CT molecular complexity index is 634. The van der Waals surface area contributed by atoms with Crippen molar-refractivity contribution >= 4 is 41.3 Å². The maximum absolute atomic E-state index is 4.64. The third kappa shape index (κ3) is 7.21. The van der Waals surface area contributed by atoms with Crippen LogP contribution in [0.2, 0.25) is 0 Å². The lowest BCUT2D eigenvalue weighted by molar-refractivity contribution is 0.612. The fourth-order valence-corrected chi connectivity index (χ4v) is 3.37. The number of aromatic nitrogens is 2. The van der Waals surface area contributed by atoms with Gasteiger partial charge < -0.3 is 10.6 Å². The second-order valence-corrected chi connectivity index (χ2v) is 7.18. The first-order chi connectivity index (χ1) is 11.1. The maximum Gasteiger partial charge on any atom is 0.191 e.